The summed E-state index contributed by atoms with van der Waals surface area (Å²) in [5.41, 5.74) is 3.97. The summed E-state index contributed by atoms with van der Waals surface area (Å²) < 4.78 is 15.3. The fourth-order valence-corrected chi connectivity index (χ4v) is 2.62. The number of aliphatic hydroxyl groups excluding tert-OH is 1. The molecule has 0 aliphatic heterocycles. The predicted octanol–water partition coefficient (Wildman–Crippen LogP) is 3.63. The third-order valence-electron chi connectivity index (χ3n) is 3.69. The van der Waals surface area contributed by atoms with E-state index < -0.39 is 0 Å². The number of hydrogen-bond acceptors (Lipinski definition) is 1. The third kappa shape index (κ3) is 2.21. The van der Waals surface area contributed by atoms with E-state index in [1.54, 1.807) is 6.07 Å². The van der Waals surface area contributed by atoms with E-state index in [-0.39, 0.29) is 12.4 Å². The van der Waals surface area contributed by atoms with Crippen LogP contribution in [0.25, 0.3) is 10.9 Å². The molecule has 3 heteroatoms. The molecule has 2 nitrogen and oxygen atoms in total. The second-order valence-corrected chi connectivity index (χ2v) is 5.03. The van der Waals surface area contributed by atoms with E-state index in [9.17, 15) is 9.50 Å². The summed E-state index contributed by atoms with van der Waals surface area (Å²) in [6.07, 6.45) is 2.01. The van der Waals surface area contributed by atoms with Crippen LogP contribution in [-0.4, -0.2) is 9.67 Å². The van der Waals surface area contributed by atoms with E-state index in [2.05, 4.69) is 4.57 Å². The van der Waals surface area contributed by atoms with Crippen molar-refractivity contribution in [2.24, 2.45) is 0 Å². The normalized spacial score (nSPS) is 11.2. The van der Waals surface area contributed by atoms with E-state index in [0.717, 1.165) is 27.6 Å². The molecule has 0 spiro atoms. The zero-order chi connectivity index (χ0) is 14.1. The second kappa shape index (κ2) is 5.10. The molecule has 0 bridgehead atoms. The summed E-state index contributed by atoms with van der Waals surface area (Å²) in [7, 11) is 0. The van der Waals surface area contributed by atoms with Gasteiger partial charge in [-0.3, -0.25) is 0 Å². The molecular formula is C17H16FNO. The summed E-state index contributed by atoms with van der Waals surface area (Å²) in [5.74, 6) is -0.209. The molecule has 0 amide bonds. The molecule has 0 unspecified atom stereocenters. The Morgan fingerprint density at radius 1 is 1.10 bits per heavy atom. The second-order valence-electron chi connectivity index (χ2n) is 5.03. The van der Waals surface area contributed by atoms with Crippen LogP contribution in [0.5, 0.6) is 0 Å². The van der Waals surface area contributed by atoms with Crippen molar-refractivity contribution in [1.82, 2.24) is 4.57 Å². The maximum absolute atomic E-state index is 13.2. The van der Waals surface area contributed by atoms with Crippen molar-refractivity contribution in [3.63, 3.8) is 0 Å². The van der Waals surface area contributed by atoms with Crippen LogP contribution in [-0.2, 0) is 13.2 Å². The quantitative estimate of drug-likeness (QED) is 0.771. The van der Waals surface area contributed by atoms with Crippen LogP contribution in [0, 0.1) is 12.7 Å². The number of benzene rings is 2. The van der Waals surface area contributed by atoms with E-state index >= 15 is 0 Å². The highest BCUT2D eigenvalue weighted by molar-refractivity contribution is 5.83. The Morgan fingerprint density at radius 3 is 2.70 bits per heavy atom. The van der Waals surface area contributed by atoms with Crippen molar-refractivity contribution < 1.29 is 9.50 Å². The number of halogens is 1. The van der Waals surface area contributed by atoms with Gasteiger partial charge in [0.2, 0.25) is 0 Å². The lowest BCUT2D eigenvalue weighted by Crippen LogP contribution is -2.02. The molecule has 1 heterocycles. The Hall–Kier alpha value is -2.13. The number of aryl methyl sites for hydroxylation is 1. The van der Waals surface area contributed by atoms with Crippen LogP contribution in [0.2, 0.25) is 0 Å². The van der Waals surface area contributed by atoms with Gasteiger partial charge in [-0.15, -0.1) is 0 Å². The van der Waals surface area contributed by atoms with Crippen molar-refractivity contribution >= 4 is 10.9 Å². The molecule has 0 aliphatic rings. The summed E-state index contributed by atoms with van der Waals surface area (Å²) >= 11 is 0. The van der Waals surface area contributed by atoms with Gasteiger partial charge in [0.05, 0.1) is 12.1 Å². The highest BCUT2D eigenvalue weighted by Crippen LogP contribution is 2.22. The van der Waals surface area contributed by atoms with Crippen molar-refractivity contribution in [1.29, 1.82) is 0 Å². The largest absolute Gasteiger partial charge is 0.392 e. The molecule has 0 radical (unpaired) electrons. The van der Waals surface area contributed by atoms with Crippen LogP contribution in [0.1, 0.15) is 16.7 Å². The first-order valence-electron chi connectivity index (χ1n) is 6.61. The maximum Gasteiger partial charge on any atom is 0.123 e. The first-order valence-corrected chi connectivity index (χ1v) is 6.61. The monoisotopic (exact) mass is 269 g/mol. The first-order chi connectivity index (χ1) is 9.69. The molecule has 20 heavy (non-hydrogen) atoms. The van der Waals surface area contributed by atoms with E-state index in [1.807, 2.05) is 43.5 Å². The highest BCUT2D eigenvalue weighted by atomic mass is 19.1. The van der Waals surface area contributed by atoms with Gasteiger partial charge >= 0.3 is 0 Å². The van der Waals surface area contributed by atoms with Crippen molar-refractivity contribution in [2.75, 3.05) is 0 Å². The fourth-order valence-electron chi connectivity index (χ4n) is 2.62. The lowest BCUT2D eigenvalue weighted by Gasteiger charge is -2.11. The van der Waals surface area contributed by atoms with E-state index in [4.69, 9.17) is 0 Å². The summed E-state index contributed by atoms with van der Waals surface area (Å²) in [6.45, 7) is 2.60. The molecule has 1 aromatic heterocycles. The zero-order valence-corrected chi connectivity index (χ0v) is 11.3. The SMILES string of the molecule is Cc1cc(F)ccc1Cn1ccc2cccc(CO)c21. The Morgan fingerprint density at radius 2 is 1.95 bits per heavy atom. The number of aliphatic hydroxyl groups is 1. The standard InChI is InChI=1S/C17H16FNO/c1-12-9-16(18)6-5-14(12)10-19-8-7-13-3-2-4-15(11-20)17(13)19/h2-9,20H,10-11H2,1H3. The Labute approximate surface area is 117 Å². The average molecular weight is 269 g/mol. The lowest BCUT2D eigenvalue weighted by molar-refractivity contribution is 0.283. The van der Waals surface area contributed by atoms with Gasteiger partial charge < -0.3 is 9.67 Å². The highest BCUT2D eigenvalue weighted by Gasteiger charge is 2.08. The van der Waals surface area contributed by atoms with Gasteiger partial charge in [0.25, 0.3) is 0 Å². The molecular weight excluding hydrogens is 253 g/mol. The minimum Gasteiger partial charge on any atom is -0.392 e. The molecule has 3 aromatic rings. The fraction of sp³-hybridized carbons (Fsp3) is 0.176. The number of rotatable bonds is 3. The van der Waals surface area contributed by atoms with Crippen LogP contribution in [0.15, 0.2) is 48.7 Å². The summed E-state index contributed by atoms with van der Waals surface area (Å²) in [6, 6.07) is 12.8. The van der Waals surface area contributed by atoms with Crippen molar-refractivity contribution in [2.45, 2.75) is 20.1 Å². The Balaban J connectivity index is 2.06. The number of fused-ring (bicyclic) bond motifs is 1. The van der Waals surface area contributed by atoms with E-state index in [1.165, 1.54) is 6.07 Å². The third-order valence-corrected chi connectivity index (χ3v) is 3.69. The lowest BCUT2D eigenvalue weighted by atomic mass is 10.1. The average Bonchev–Trinajstić information content (AvgIpc) is 2.85. The number of para-hydroxylation sites is 1. The summed E-state index contributed by atoms with van der Waals surface area (Å²) in [4.78, 5) is 0. The van der Waals surface area contributed by atoms with Crippen LogP contribution in [0.3, 0.4) is 0 Å². The topological polar surface area (TPSA) is 25.2 Å². The molecule has 0 aliphatic carbocycles. The number of nitrogens with zero attached hydrogens (tertiary/aromatic N) is 1. The van der Waals surface area contributed by atoms with Crippen molar-refractivity contribution in [3.05, 3.63) is 71.2 Å². The summed E-state index contributed by atoms with van der Waals surface area (Å²) in [5, 5.41) is 10.6. The van der Waals surface area contributed by atoms with Gasteiger partial charge in [-0.25, -0.2) is 4.39 Å². The minimum atomic E-state index is -0.209. The van der Waals surface area contributed by atoms with Gasteiger partial charge in [-0.1, -0.05) is 24.3 Å². The van der Waals surface area contributed by atoms with Gasteiger partial charge in [-0.2, -0.15) is 0 Å². The smallest absolute Gasteiger partial charge is 0.123 e. The molecule has 1 N–H and O–H groups in total. The molecule has 3 rings (SSSR count). The molecule has 0 atom stereocenters. The molecule has 0 saturated heterocycles. The van der Waals surface area contributed by atoms with Gasteiger partial charge in [0.15, 0.2) is 0 Å². The minimum absolute atomic E-state index is 0.0176. The molecule has 0 saturated carbocycles. The molecule has 2 aromatic carbocycles. The number of aromatic nitrogens is 1. The van der Waals surface area contributed by atoms with Crippen molar-refractivity contribution in [3.8, 4) is 0 Å². The van der Waals surface area contributed by atoms with Crippen LogP contribution < -0.4 is 0 Å². The van der Waals surface area contributed by atoms with Crippen LogP contribution in [0.4, 0.5) is 4.39 Å². The van der Waals surface area contributed by atoms with E-state index in [0.29, 0.717) is 6.54 Å². The first kappa shape index (κ1) is 12.9. The predicted molar refractivity (Wildman–Crippen MR) is 78.1 cm³/mol. The molecule has 0 fully saturated rings. The van der Waals surface area contributed by atoms with Gasteiger partial charge in [-0.05, 0) is 41.6 Å². The van der Waals surface area contributed by atoms with Crippen LogP contribution >= 0.6 is 0 Å². The Bertz CT molecular complexity index is 761. The molecule has 102 valence electrons. The number of hydrogen-bond donors (Lipinski definition) is 1. The van der Waals surface area contributed by atoms with Gasteiger partial charge in [0.1, 0.15) is 5.82 Å². The maximum atomic E-state index is 13.2. The Kier molecular flexibility index (Phi) is 3.28. The zero-order valence-electron chi connectivity index (χ0n) is 11.3. The van der Waals surface area contributed by atoms with Gasteiger partial charge in [0, 0.05) is 18.3 Å².